The average Bonchev–Trinajstić information content (AvgIpc) is 3.52. The third-order valence-corrected chi connectivity index (χ3v) is 8.85. The number of nitrogens with zero attached hydrogens (tertiary/aromatic N) is 3. The summed E-state index contributed by atoms with van der Waals surface area (Å²) in [7, 11) is 3.29. The van der Waals surface area contributed by atoms with Crippen LogP contribution in [0.5, 0.6) is 11.5 Å². The van der Waals surface area contributed by atoms with E-state index < -0.39 is 5.97 Å². The number of thioether (sulfide) groups is 1. The van der Waals surface area contributed by atoms with Gasteiger partial charge < -0.3 is 19.1 Å². The molecule has 2 atom stereocenters. The molecule has 0 aliphatic carbocycles. The lowest BCUT2D eigenvalue weighted by molar-refractivity contribution is -0.136. The van der Waals surface area contributed by atoms with E-state index in [-0.39, 0.29) is 16.9 Å². The van der Waals surface area contributed by atoms with Gasteiger partial charge in [-0.1, -0.05) is 23.7 Å². The Balaban J connectivity index is 1.58. The van der Waals surface area contributed by atoms with E-state index in [4.69, 9.17) is 31.2 Å². The van der Waals surface area contributed by atoms with E-state index in [2.05, 4.69) is 15.6 Å². The van der Waals surface area contributed by atoms with Crippen molar-refractivity contribution in [2.24, 2.45) is 0 Å². The molecule has 0 saturated carbocycles. The van der Waals surface area contributed by atoms with E-state index in [9.17, 15) is 4.79 Å². The third kappa shape index (κ3) is 4.83. The number of aryl methyl sites for hydroxylation is 1. The minimum Gasteiger partial charge on any atom is -0.493 e. The summed E-state index contributed by atoms with van der Waals surface area (Å²) in [5, 5.41) is 10.5. The van der Waals surface area contributed by atoms with Crippen LogP contribution in [0.1, 0.15) is 43.8 Å². The van der Waals surface area contributed by atoms with E-state index in [0.29, 0.717) is 29.4 Å². The Hall–Kier alpha value is -3.01. The molecular formula is C26H24ClN3O4S2. The smallest absolute Gasteiger partial charge is 0.303 e. The lowest BCUT2D eigenvalue weighted by Crippen LogP contribution is -2.06. The molecule has 186 valence electrons. The first kappa shape index (κ1) is 24.7. The first-order chi connectivity index (χ1) is 17.5. The van der Waals surface area contributed by atoms with Crippen LogP contribution in [0.4, 0.5) is 0 Å². The van der Waals surface area contributed by atoms with E-state index in [0.717, 1.165) is 32.5 Å². The molecule has 0 fully saturated rings. The Labute approximate surface area is 222 Å². The molecule has 1 aliphatic rings. The summed E-state index contributed by atoms with van der Waals surface area (Å²) in [4.78, 5) is 21.3. The van der Waals surface area contributed by atoms with Gasteiger partial charge in [0.05, 0.1) is 41.8 Å². The molecule has 36 heavy (non-hydrogen) atoms. The fourth-order valence-corrected chi connectivity index (χ4v) is 7.26. The third-order valence-electron chi connectivity index (χ3n) is 6.05. The highest BCUT2D eigenvalue weighted by atomic mass is 35.5. The van der Waals surface area contributed by atoms with Gasteiger partial charge in [-0.15, -0.1) is 23.1 Å². The maximum atomic E-state index is 11.0. The average molecular weight is 542 g/mol. The summed E-state index contributed by atoms with van der Waals surface area (Å²) >= 11 is 9.83. The van der Waals surface area contributed by atoms with Crippen molar-refractivity contribution in [3.05, 3.63) is 86.8 Å². The van der Waals surface area contributed by atoms with Gasteiger partial charge in [0.15, 0.2) is 11.5 Å². The first-order valence-electron chi connectivity index (χ1n) is 11.3. The topological polar surface area (TPSA) is 86.5 Å². The quantitative estimate of drug-likeness (QED) is 0.287. The zero-order valence-electron chi connectivity index (χ0n) is 19.7. The SMILES string of the molecule is COc1cccc(C2SC(Cc3ncc(CCC(=O)O)s3)c3nccn3-c3ccc(Cl)cc32)c1OC. The fourth-order valence-electron chi connectivity index (χ4n) is 4.46. The summed E-state index contributed by atoms with van der Waals surface area (Å²) in [6, 6.07) is 11.8. The lowest BCUT2D eigenvalue weighted by atomic mass is 10.0. The molecule has 2 aromatic heterocycles. The molecule has 10 heteroatoms. The summed E-state index contributed by atoms with van der Waals surface area (Å²) in [5.74, 6) is 1.47. The minimum absolute atomic E-state index is 0.0226. The number of imidazole rings is 1. The number of carboxylic acids is 1. The van der Waals surface area contributed by atoms with Crippen molar-refractivity contribution in [2.75, 3.05) is 14.2 Å². The largest absolute Gasteiger partial charge is 0.493 e. The van der Waals surface area contributed by atoms with Gasteiger partial charge in [-0.2, -0.15) is 0 Å². The Morgan fingerprint density at radius 1 is 1.17 bits per heavy atom. The normalized spacial score (nSPS) is 16.6. The predicted molar refractivity (Wildman–Crippen MR) is 142 cm³/mol. The Morgan fingerprint density at radius 2 is 2.03 bits per heavy atom. The maximum Gasteiger partial charge on any atom is 0.303 e. The number of thiazole rings is 1. The molecular weight excluding hydrogens is 518 g/mol. The van der Waals surface area contributed by atoms with Crippen molar-refractivity contribution in [3.8, 4) is 17.2 Å². The molecule has 5 rings (SSSR count). The van der Waals surface area contributed by atoms with E-state index in [1.165, 1.54) is 0 Å². The number of halogens is 1. The summed E-state index contributed by atoms with van der Waals surface area (Å²) < 4.78 is 13.5. The number of fused-ring (bicyclic) bond motifs is 3. The van der Waals surface area contributed by atoms with Gasteiger partial charge >= 0.3 is 5.97 Å². The van der Waals surface area contributed by atoms with E-state index >= 15 is 0 Å². The molecule has 1 N–H and O–H groups in total. The van der Waals surface area contributed by atoms with Crippen molar-refractivity contribution in [1.82, 2.24) is 14.5 Å². The molecule has 0 bridgehead atoms. The summed E-state index contributed by atoms with van der Waals surface area (Å²) in [6.07, 6.45) is 6.80. The number of ether oxygens (including phenoxy) is 2. The zero-order chi connectivity index (χ0) is 25.2. The number of carbonyl (C=O) groups is 1. The van der Waals surface area contributed by atoms with Crippen LogP contribution in [0, 0.1) is 0 Å². The molecule has 2 aromatic carbocycles. The number of aromatic nitrogens is 3. The number of rotatable bonds is 8. The fraction of sp³-hybridized carbons (Fsp3) is 0.269. The number of para-hydroxylation sites is 1. The van der Waals surface area contributed by atoms with Gasteiger partial charge in [-0.05, 0) is 36.2 Å². The van der Waals surface area contributed by atoms with Crippen LogP contribution in [0.25, 0.3) is 5.69 Å². The minimum atomic E-state index is -0.808. The van der Waals surface area contributed by atoms with Gasteiger partial charge in [0.2, 0.25) is 0 Å². The van der Waals surface area contributed by atoms with Crippen LogP contribution in [0.15, 0.2) is 55.0 Å². The Kier molecular flexibility index (Phi) is 7.22. The molecule has 0 amide bonds. The Bertz CT molecular complexity index is 1400. The van der Waals surface area contributed by atoms with Gasteiger partial charge in [0.1, 0.15) is 5.82 Å². The lowest BCUT2D eigenvalue weighted by Gasteiger charge is -2.23. The van der Waals surface area contributed by atoms with Crippen LogP contribution in [-0.4, -0.2) is 39.8 Å². The second kappa shape index (κ2) is 10.5. The summed E-state index contributed by atoms with van der Waals surface area (Å²) in [5.41, 5.74) is 3.06. The molecule has 7 nitrogen and oxygen atoms in total. The van der Waals surface area contributed by atoms with Crippen LogP contribution in [0.2, 0.25) is 5.02 Å². The molecule has 0 radical (unpaired) electrons. The van der Waals surface area contributed by atoms with Gasteiger partial charge in [0.25, 0.3) is 0 Å². The van der Waals surface area contributed by atoms with Crippen LogP contribution >= 0.6 is 34.7 Å². The number of hydrogen-bond donors (Lipinski definition) is 1. The summed E-state index contributed by atoms with van der Waals surface area (Å²) in [6.45, 7) is 0. The second-order valence-electron chi connectivity index (χ2n) is 8.26. The number of benzene rings is 2. The maximum absolute atomic E-state index is 11.0. The highest BCUT2D eigenvalue weighted by molar-refractivity contribution is 8.00. The number of hydrogen-bond acceptors (Lipinski definition) is 7. The van der Waals surface area contributed by atoms with Crippen LogP contribution < -0.4 is 9.47 Å². The standard InChI is InChI=1S/C26H24ClN3O4S2/c1-33-20-5-3-4-17(24(20)34-2)25-18-12-15(27)6-8-19(18)30-11-10-28-26(30)21(36-25)13-22-29-14-16(35-22)7-9-23(31)32/h3-6,8,10-12,14,21,25H,7,9,13H2,1-2H3,(H,31,32). The highest BCUT2D eigenvalue weighted by Gasteiger charge is 2.34. The first-order valence-corrected chi connectivity index (χ1v) is 13.5. The molecule has 0 saturated heterocycles. The molecule has 2 unspecified atom stereocenters. The number of methoxy groups -OCH3 is 2. The Morgan fingerprint density at radius 3 is 2.81 bits per heavy atom. The van der Waals surface area contributed by atoms with Gasteiger partial charge in [0, 0.05) is 40.5 Å². The van der Waals surface area contributed by atoms with Crippen molar-refractivity contribution >= 4 is 40.7 Å². The van der Waals surface area contributed by atoms with Crippen LogP contribution in [0.3, 0.4) is 0 Å². The van der Waals surface area contributed by atoms with E-state index in [1.54, 1.807) is 43.5 Å². The van der Waals surface area contributed by atoms with Crippen molar-refractivity contribution in [1.29, 1.82) is 0 Å². The second-order valence-corrected chi connectivity index (χ2v) is 11.2. The predicted octanol–water partition coefficient (Wildman–Crippen LogP) is 6.14. The molecule has 0 spiro atoms. The molecule has 3 heterocycles. The highest BCUT2D eigenvalue weighted by Crippen LogP contribution is 2.53. The molecule has 4 aromatic rings. The molecule has 1 aliphatic heterocycles. The number of aliphatic carboxylic acids is 1. The van der Waals surface area contributed by atoms with Gasteiger partial charge in [-0.25, -0.2) is 9.97 Å². The van der Waals surface area contributed by atoms with Crippen molar-refractivity contribution < 1.29 is 19.4 Å². The van der Waals surface area contributed by atoms with Gasteiger partial charge in [-0.3, -0.25) is 4.79 Å². The number of carboxylic acid groups (broad SMARTS) is 1. The van der Waals surface area contributed by atoms with Crippen LogP contribution in [-0.2, 0) is 17.6 Å². The van der Waals surface area contributed by atoms with Crippen molar-refractivity contribution in [2.45, 2.75) is 29.8 Å². The monoisotopic (exact) mass is 541 g/mol. The van der Waals surface area contributed by atoms with Crippen molar-refractivity contribution in [3.63, 3.8) is 0 Å². The van der Waals surface area contributed by atoms with E-state index in [1.807, 2.05) is 42.7 Å². The zero-order valence-corrected chi connectivity index (χ0v) is 22.1.